The zero-order valence-corrected chi connectivity index (χ0v) is 14.5. The maximum Gasteiger partial charge on any atom is 0.407 e. The molecule has 0 radical (unpaired) electrons. The molecule has 0 heterocycles. The molecule has 22 heavy (non-hydrogen) atoms. The molecule has 0 spiro atoms. The maximum absolute atomic E-state index is 12.2. The minimum Gasteiger partial charge on any atom is -0.444 e. The molecule has 2 atom stereocenters. The van der Waals surface area contributed by atoms with Gasteiger partial charge in [0.25, 0.3) is 0 Å². The second-order valence-corrected chi connectivity index (χ2v) is 7.54. The van der Waals surface area contributed by atoms with Crippen molar-refractivity contribution in [1.82, 2.24) is 10.2 Å². The molecule has 2 saturated carbocycles. The maximum atomic E-state index is 12.2. The zero-order chi connectivity index (χ0) is 16.3. The van der Waals surface area contributed by atoms with E-state index in [9.17, 15) is 9.59 Å². The highest BCUT2D eigenvalue weighted by atomic mass is 35.5. The van der Waals surface area contributed by atoms with Gasteiger partial charge < -0.3 is 15.0 Å². The summed E-state index contributed by atoms with van der Waals surface area (Å²) in [5.41, 5.74) is -0.517. The first-order valence-corrected chi connectivity index (χ1v) is 8.72. The Morgan fingerprint density at radius 2 is 1.82 bits per heavy atom. The van der Waals surface area contributed by atoms with Gasteiger partial charge in [0.2, 0.25) is 5.91 Å². The van der Waals surface area contributed by atoms with Gasteiger partial charge in [0.05, 0.1) is 12.1 Å². The van der Waals surface area contributed by atoms with Crippen LogP contribution in [0.3, 0.4) is 0 Å². The molecule has 0 aromatic carbocycles. The van der Waals surface area contributed by atoms with Crippen LogP contribution in [0.1, 0.15) is 59.3 Å². The second-order valence-electron chi connectivity index (χ2n) is 7.27. The third-order valence-electron chi connectivity index (χ3n) is 4.13. The molecule has 6 heteroatoms. The molecule has 2 aliphatic carbocycles. The monoisotopic (exact) mass is 330 g/mol. The van der Waals surface area contributed by atoms with E-state index >= 15 is 0 Å². The third-order valence-corrected chi connectivity index (χ3v) is 4.36. The van der Waals surface area contributed by atoms with Crippen molar-refractivity contribution in [3.63, 3.8) is 0 Å². The number of rotatable bonds is 4. The van der Waals surface area contributed by atoms with Crippen molar-refractivity contribution < 1.29 is 14.3 Å². The number of nitrogens with one attached hydrogen (secondary N) is 1. The van der Waals surface area contributed by atoms with Crippen molar-refractivity contribution >= 4 is 23.6 Å². The normalized spacial score (nSPS) is 25.5. The Balaban J connectivity index is 2.03. The number of carbonyl (C=O) groups excluding carboxylic acids is 2. The highest BCUT2D eigenvalue weighted by molar-refractivity contribution is 6.27. The molecular formula is C16H27ClN2O3. The Bertz CT molecular complexity index is 418. The summed E-state index contributed by atoms with van der Waals surface area (Å²) in [6.45, 7) is 5.54. The lowest BCUT2D eigenvalue weighted by Gasteiger charge is -2.40. The number of hydrogen-bond donors (Lipinski definition) is 1. The first-order chi connectivity index (χ1) is 10.3. The van der Waals surface area contributed by atoms with E-state index in [0.717, 1.165) is 38.5 Å². The number of hydrogen-bond acceptors (Lipinski definition) is 3. The second kappa shape index (κ2) is 7.07. The van der Waals surface area contributed by atoms with Gasteiger partial charge in [-0.15, -0.1) is 11.6 Å². The molecule has 2 amide bonds. The first-order valence-electron chi connectivity index (χ1n) is 8.18. The Labute approximate surface area is 137 Å². The zero-order valence-electron chi connectivity index (χ0n) is 13.7. The lowest BCUT2D eigenvalue weighted by molar-refractivity contribution is -0.132. The highest BCUT2D eigenvalue weighted by Crippen LogP contribution is 2.34. The molecule has 126 valence electrons. The largest absolute Gasteiger partial charge is 0.444 e. The standard InChI is InChI=1S/C16H27ClN2O3/c1-16(2,3)22-15(21)18-12-6-4-5-7-13(12)19(11-8-9-11)14(20)10-17/h11-13H,4-10H2,1-3H3,(H,18,21)/t12-,13-/m1/s1. The van der Waals surface area contributed by atoms with Gasteiger partial charge in [0, 0.05) is 6.04 Å². The van der Waals surface area contributed by atoms with E-state index in [1.54, 1.807) is 0 Å². The molecule has 2 rings (SSSR count). The van der Waals surface area contributed by atoms with E-state index in [-0.39, 0.29) is 23.9 Å². The van der Waals surface area contributed by atoms with Crippen LogP contribution in [-0.4, -0.2) is 46.5 Å². The topological polar surface area (TPSA) is 58.6 Å². The van der Waals surface area contributed by atoms with Gasteiger partial charge in [-0.05, 0) is 46.5 Å². The van der Waals surface area contributed by atoms with Crippen molar-refractivity contribution in [3.05, 3.63) is 0 Å². The van der Waals surface area contributed by atoms with Crippen LogP contribution in [0.2, 0.25) is 0 Å². The molecule has 0 aliphatic heterocycles. The van der Waals surface area contributed by atoms with Gasteiger partial charge >= 0.3 is 6.09 Å². The fourth-order valence-electron chi connectivity index (χ4n) is 3.15. The van der Waals surface area contributed by atoms with Crippen LogP contribution in [0.4, 0.5) is 4.79 Å². The van der Waals surface area contributed by atoms with E-state index < -0.39 is 11.7 Å². The van der Waals surface area contributed by atoms with Gasteiger partial charge in [-0.1, -0.05) is 12.8 Å². The van der Waals surface area contributed by atoms with Gasteiger partial charge in [-0.25, -0.2) is 4.79 Å². The third kappa shape index (κ3) is 4.77. The van der Waals surface area contributed by atoms with Gasteiger partial charge in [-0.2, -0.15) is 0 Å². The van der Waals surface area contributed by atoms with Crippen LogP contribution in [0, 0.1) is 0 Å². The van der Waals surface area contributed by atoms with Crippen molar-refractivity contribution in [2.45, 2.75) is 83.0 Å². The molecule has 0 saturated heterocycles. The molecule has 5 nitrogen and oxygen atoms in total. The van der Waals surface area contributed by atoms with E-state index in [2.05, 4.69) is 5.32 Å². The Morgan fingerprint density at radius 1 is 1.18 bits per heavy atom. The molecular weight excluding hydrogens is 304 g/mol. The highest BCUT2D eigenvalue weighted by Gasteiger charge is 2.41. The number of carbonyl (C=O) groups is 2. The Kier molecular flexibility index (Phi) is 5.59. The SMILES string of the molecule is CC(C)(C)OC(=O)N[C@@H]1CCCC[C@H]1N(C(=O)CCl)C1CC1. The molecule has 0 unspecified atom stereocenters. The van der Waals surface area contributed by atoms with Crippen LogP contribution in [0.25, 0.3) is 0 Å². The van der Waals surface area contributed by atoms with Crippen LogP contribution >= 0.6 is 11.6 Å². The smallest absolute Gasteiger partial charge is 0.407 e. The number of alkyl carbamates (subject to hydrolysis) is 1. The number of halogens is 1. The number of ether oxygens (including phenoxy) is 1. The molecule has 0 aromatic rings. The summed E-state index contributed by atoms with van der Waals surface area (Å²) in [5.74, 6) is -0.0151. The fraction of sp³-hybridized carbons (Fsp3) is 0.875. The average molecular weight is 331 g/mol. The quantitative estimate of drug-likeness (QED) is 0.806. The summed E-state index contributed by atoms with van der Waals surface area (Å²) >= 11 is 5.78. The van der Waals surface area contributed by atoms with Crippen molar-refractivity contribution in [2.24, 2.45) is 0 Å². The number of nitrogens with zero attached hydrogens (tertiary/aromatic N) is 1. The first kappa shape index (κ1) is 17.4. The number of amides is 2. The summed E-state index contributed by atoms with van der Waals surface area (Å²) < 4.78 is 5.35. The van der Waals surface area contributed by atoms with Gasteiger partial charge in [0.15, 0.2) is 0 Å². The van der Waals surface area contributed by atoms with Crippen LogP contribution in [-0.2, 0) is 9.53 Å². The molecule has 2 aliphatic rings. The molecule has 1 N–H and O–H groups in total. The minimum absolute atomic E-state index is 0.00611. The summed E-state index contributed by atoms with van der Waals surface area (Å²) in [7, 11) is 0. The lowest BCUT2D eigenvalue weighted by atomic mass is 9.89. The summed E-state index contributed by atoms with van der Waals surface area (Å²) in [6.07, 6.45) is 5.61. The minimum atomic E-state index is -0.517. The Morgan fingerprint density at radius 3 is 2.36 bits per heavy atom. The van der Waals surface area contributed by atoms with Crippen LogP contribution < -0.4 is 5.32 Å². The van der Waals surface area contributed by atoms with Crippen molar-refractivity contribution in [3.8, 4) is 0 Å². The van der Waals surface area contributed by atoms with E-state index in [1.165, 1.54) is 0 Å². The summed E-state index contributed by atoms with van der Waals surface area (Å²) in [6, 6.07) is 0.300. The Hall–Kier alpha value is -0.970. The van der Waals surface area contributed by atoms with Crippen LogP contribution in [0.5, 0.6) is 0 Å². The molecule has 0 bridgehead atoms. The van der Waals surface area contributed by atoms with Gasteiger partial charge in [0.1, 0.15) is 11.5 Å². The summed E-state index contributed by atoms with van der Waals surface area (Å²) in [5, 5.41) is 2.97. The predicted molar refractivity (Wildman–Crippen MR) is 86.0 cm³/mol. The lowest BCUT2D eigenvalue weighted by Crippen LogP contribution is -2.56. The van der Waals surface area contributed by atoms with E-state index in [0.29, 0.717) is 6.04 Å². The van der Waals surface area contributed by atoms with Gasteiger partial charge in [-0.3, -0.25) is 4.79 Å². The average Bonchev–Trinajstić information content (AvgIpc) is 3.23. The molecule has 0 aromatic heterocycles. The number of alkyl halides is 1. The van der Waals surface area contributed by atoms with Crippen molar-refractivity contribution in [1.29, 1.82) is 0 Å². The van der Waals surface area contributed by atoms with E-state index in [1.807, 2.05) is 25.7 Å². The van der Waals surface area contributed by atoms with Crippen molar-refractivity contribution in [2.75, 3.05) is 5.88 Å². The van der Waals surface area contributed by atoms with E-state index in [4.69, 9.17) is 16.3 Å². The van der Waals surface area contributed by atoms with Crippen LogP contribution in [0.15, 0.2) is 0 Å². The fourth-order valence-corrected chi connectivity index (χ4v) is 3.29. The predicted octanol–water partition coefficient (Wildman–Crippen LogP) is 3.05. The molecule has 2 fully saturated rings. The summed E-state index contributed by atoms with van der Waals surface area (Å²) in [4.78, 5) is 26.2.